The van der Waals surface area contributed by atoms with E-state index in [1.54, 1.807) is 0 Å². The fraction of sp³-hybridized carbons (Fsp3) is 0.438. The molecular weight excluding hydrogens is 250 g/mol. The first-order chi connectivity index (χ1) is 9.70. The van der Waals surface area contributed by atoms with Crippen molar-refractivity contribution in [2.24, 2.45) is 0 Å². The summed E-state index contributed by atoms with van der Waals surface area (Å²) in [4.78, 5) is 20.3. The zero-order chi connectivity index (χ0) is 14.1. The zero-order valence-electron chi connectivity index (χ0n) is 12.1. The Morgan fingerprint density at radius 1 is 1.35 bits per heavy atom. The molecule has 2 aromatic rings. The molecule has 0 aliphatic carbocycles. The van der Waals surface area contributed by atoms with Crippen LogP contribution in [0.15, 0.2) is 30.5 Å². The number of likely N-dealkylation sites (N-methyl/N-ethyl adjacent to an activating group) is 1. The van der Waals surface area contributed by atoms with Crippen LogP contribution < -0.4 is 0 Å². The fourth-order valence-corrected chi connectivity index (χ4v) is 3.00. The largest absolute Gasteiger partial charge is 0.361 e. The van der Waals surface area contributed by atoms with Crippen molar-refractivity contribution >= 4 is 16.8 Å². The van der Waals surface area contributed by atoms with E-state index >= 15 is 0 Å². The van der Waals surface area contributed by atoms with Crippen molar-refractivity contribution in [2.45, 2.75) is 19.4 Å². The summed E-state index contributed by atoms with van der Waals surface area (Å²) in [6.07, 6.45) is 2.97. The minimum absolute atomic E-state index is 0.143. The summed E-state index contributed by atoms with van der Waals surface area (Å²) in [5.74, 6) is 0.143. The van der Waals surface area contributed by atoms with Gasteiger partial charge in [-0.05, 0) is 25.6 Å². The number of aromatic nitrogens is 1. The van der Waals surface area contributed by atoms with Crippen molar-refractivity contribution in [3.63, 3.8) is 0 Å². The highest BCUT2D eigenvalue weighted by Gasteiger charge is 2.27. The van der Waals surface area contributed by atoms with Crippen LogP contribution in [0.4, 0.5) is 0 Å². The van der Waals surface area contributed by atoms with E-state index in [9.17, 15) is 4.79 Å². The average Bonchev–Trinajstić information content (AvgIpc) is 2.95. The number of nitrogens with zero attached hydrogens (tertiary/aromatic N) is 2. The highest BCUT2D eigenvalue weighted by Crippen LogP contribution is 2.20. The summed E-state index contributed by atoms with van der Waals surface area (Å²) in [5.41, 5.74) is 1.73. The quantitative estimate of drug-likeness (QED) is 0.910. The van der Waals surface area contributed by atoms with Crippen LogP contribution in [0.5, 0.6) is 0 Å². The maximum Gasteiger partial charge on any atom is 0.256 e. The number of benzene rings is 1. The molecule has 0 bridgehead atoms. The molecule has 2 heterocycles. The van der Waals surface area contributed by atoms with Gasteiger partial charge in [0, 0.05) is 37.3 Å². The number of nitrogens with one attached hydrogen (secondary N) is 1. The van der Waals surface area contributed by atoms with Crippen LogP contribution >= 0.6 is 0 Å². The monoisotopic (exact) mass is 271 g/mol. The highest BCUT2D eigenvalue weighted by molar-refractivity contribution is 6.05. The summed E-state index contributed by atoms with van der Waals surface area (Å²) in [6, 6.07) is 8.37. The number of rotatable bonds is 2. The highest BCUT2D eigenvalue weighted by atomic mass is 16.2. The molecule has 1 aliphatic rings. The molecule has 1 unspecified atom stereocenters. The van der Waals surface area contributed by atoms with Crippen LogP contribution in [-0.2, 0) is 0 Å². The summed E-state index contributed by atoms with van der Waals surface area (Å²) < 4.78 is 0. The normalized spacial score (nSPS) is 20.5. The van der Waals surface area contributed by atoms with Gasteiger partial charge in [0.25, 0.3) is 5.91 Å². The van der Waals surface area contributed by atoms with Crippen LogP contribution in [0.1, 0.15) is 23.7 Å². The number of amides is 1. The topological polar surface area (TPSA) is 39.3 Å². The first-order valence-corrected chi connectivity index (χ1v) is 7.26. The van der Waals surface area contributed by atoms with Crippen molar-refractivity contribution < 1.29 is 4.79 Å². The van der Waals surface area contributed by atoms with Crippen molar-refractivity contribution in [3.05, 3.63) is 36.0 Å². The predicted octanol–water partition coefficient (Wildman–Crippen LogP) is 2.33. The van der Waals surface area contributed by atoms with Gasteiger partial charge < -0.3 is 9.88 Å². The Bertz CT molecular complexity index is 619. The van der Waals surface area contributed by atoms with E-state index in [4.69, 9.17) is 0 Å². The minimum atomic E-state index is 0.143. The summed E-state index contributed by atoms with van der Waals surface area (Å²) >= 11 is 0. The van der Waals surface area contributed by atoms with Crippen LogP contribution in [0.3, 0.4) is 0 Å². The van der Waals surface area contributed by atoms with Gasteiger partial charge in [-0.3, -0.25) is 9.69 Å². The number of fused-ring (bicyclic) bond motifs is 1. The average molecular weight is 271 g/mol. The lowest BCUT2D eigenvalue weighted by Crippen LogP contribution is -2.53. The second kappa shape index (κ2) is 5.29. The van der Waals surface area contributed by atoms with Gasteiger partial charge in [-0.1, -0.05) is 19.1 Å². The number of hydrogen-bond donors (Lipinski definition) is 1. The molecule has 4 heteroatoms. The van der Waals surface area contributed by atoms with Gasteiger partial charge in [-0.25, -0.2) is 0 Å². The molecule has 1 aromatic carbocycles. The molecule has 1 amide bonds. The number of H-pyrrole nitrogens is 1. The number of piperazine rings is 1. The number of aromatic amines is 1. The molecule has 0 saturated carbocycles. The van der Waals surface area contributed by atoms with Gasteiger partial charge in [0.1, 0.15) is 0 Å². The third kappa shape index (κ3) is 2.20. The molecule has 106 valence electrons. The molecule has 3 rings (SSSR count). The minimum Gasteiger partial charge on any atom is -0.361 e. The summed E-state index contributed by atoms with van der Waals surface area (Å²) in [6.45, 7) is 4.76. The number of para-hydroxylation sites is 1. The molecular formula is C16H21N3O. The maximum atomic E-state index is 12.8. The maximum absolute atomic E-state index is 12.8. The van der Waals surface area contributed by atoms with Crippen LogP contribution in [0, 0.1) is 0 Å². The molecule has 1 aromatic heterocycles. The van der Waals surface area contributed by atoms with E-state index in [-0.39, 0.29) is 5.91 Å². The van der Waals surface area contributed by atoms with E-state index < -0.39 is 0 Å². The van der Waals surface area contributed by atoms with Gasteiger partial charge in [0.15, 0.2) is 0 Å². The Morgan fingerprint density at radius 3 is 3.00 bits per heavy atom. The molecule has 1 aliphatic heterocycles. The van der Waals surface area contributed by atoms with Crippen molar-refractivity contribution in [2.75, 3.05) is 26.7 Å². The van der Waals surface area contributed by atoms with Crippen molar-refractivity contribution in [1.29, 1.82) is 0 Å². The number of hydrogen-bond acceptors (Lipinski definition) is 2. The lowest BCUT2D eigenvalue weighted by atomic mass is 10.1. The van der Waals surface area contributed by atoms with Crippen LogP contribution in [0.25, 0.3) is 10.9 Å². The van der Waals surface area contributed by atoms with E-state index in [1.807, 2.05) is 35.4 Å². The summed E-state index contributed by atoms with van der Waals surface area (Å²) in [5, 5.41) is 1.09. The zero-order valence-corrected chi connectivity index (χ0v) is 12.1. The molecule has 1 saturated heterocycles. The third-order valence-corrected chi connectivity index (χ3v) is 4.35. The molecule has 0 radical (unpaired) electrons. The van der Waals surface area contributed by atoms with E-state index in [0.717, 1.165) is 42.5 Å². The van der Waals surface area contributed by atoms with E-state index in [1.165, 1.54) is 0 Å². The SMILES string of the molecule is CCC1CN(C(=O)c2cccc3cc[nH]c23)CCN1C. The van der Waals surface area contributed by atoms with E-state index in [0.29, 0.717) is 6.04 Å². The third-order valence-electron chi connectivity index (χ3n) is 4.35. The first-order valence-electron chi connectivity index (χ1n) is 7.26. The first kappa shape index (κ1) is 13.2. The van der Waals surface area contributed by atoms with Gasteiger partial charge >= 0.3 is 0 Å². The Balaban J connectivity index is 1.87. The van der Waals surface area contributed by atoms with Gasteiger partial charge in [-0.15, -0.1) is 0 Å². The molecule has 0 spiro atoms. The Labute approximate surface area is 119 Å². The lowest BCUT2D eigenvalue weighted by Gasteiger charge is -2.39. The van der Waals surface area contributed by atoms with Crippen molar-refractivity contribution in [1.82, 2.24) is 14.8 Å². The Kier molecular flexibility index (Phi) is 3.49. The molecule has 1 fully saturated rings. The molecule has 4 nitrogen and oxygen atoms in total. The van der Waals surface area contributed by atoms with Gasteiger partial charge in [0.05, 0.1) is 11.1 Å². The van der Waals surface area contributed by atoms with Gasteiger partial charge in [0.2, 0.25) is 0 Å². The van der Waals surface area contributed by atoms with Crippen molar-refractivity contribution in [3.8, 4) is 0 Å². The molecule has 1 atom stereocenters. The standard InChI is InChI=1S/C16H21N3O/c1-3-13-11-19(10-9-18(13)2)16(20)14-6-4-5-12-7-8-17-15(12)14/h4-8,13,17H,3,9-11H2,1-2H3. The predicted molar refractivity (Wildman–Crippen MR) is 80.9 cm³/mol. The van der Waals surface area contributed by atoms with Gasteiger partial charge in [-0.2, -0.15) is 0 Å². The van der Waals surface area contributed by atoms with Crippen LogP contribution in [-0.4, -0.2) is 53.4 Å². The number of carbonyl (C=O) groups excluding carboxylic acids is 1. The van der Waals surface area contributed by atoms with E-state index in [2.05, 4.69) is 23.9 Å². The molecule has 20 heavy (non-hydrogen) atoms. The second-order valence-corrected chi connectivity index (χ2v) is 5.54. The lowest BCUT2D eigenvalue weighted by molar-refractivity contribution is 0.0543. The Morgan fingerprint density at radius 2 is 2.20 bits per heavy atom. The second-order valence-electron chi connectivity index (χ2n) is 5.54. The molecule has 1 N–H and O–H groups in total. The fourth-order valence-electron chi connectivity index (χ4n) is 3.00. The smallest absolute Gasteiger partial charge is 0.256 e. The number of carbonyl (C=O) groups is 1. The van der Waals surface area contributed by atoms with Crippen LogP contribution in [0.2, 0.25) is 0 Å². The summed E-state index contributed by atoms with van der Waals surface area (Å²) in [7, 11) is 2.14. The Hall–Kier alpha value is -1.81.